The van der Waals surface area contributed by atoms with Crippen molar-refractivity contribution < 1.29 is 94.0 Å². The Labute approximate surface area is 699 Å². The second kappa shape index (κ2) is 51.0. The standard InChI is InChI=1S/4C24H22N2.4BFO2/c4*1-3-7-21(8-4-1)19-25-15-11-23(12-16-25)24-13-17-26(18-14-24)20-22-9-5-2-6-10-22;4*2-1(3)4/h4*1-18H,19-20H2;;;;/q4*+2;4*-2. The van der Waals surface area contributed by atoms with Gasteiger partial charge in [0.15, 0.2) is 152 Å². The first-order chi connectivity index (χ1) is 58.4. The predicted molar refractivity (Wildman–Crippen MR) is 441 cm³/mol. The van der Waals surface area contributed by atoms with Crippen molar-refractivity contribution in [3.63, 3.8) is 0 Å². The quantitative estimate of drug-likeness (QED) is 0.0451. The van der Waals surface area contributed by atoms with E-state index in [1.807, 2.05) is 0 Å². The van der Waals surface area contributed by atoms with Crippen LogP contribution >= 0.6 is 0 Å². The van der Waals surface area contributed by atoms with Crippen LogP contribution in [0, 0.1) is 0 Å². The molecule has 0 bridgehead atoms. The molecule has 0 saturated heterocycles. The van der Waals surface area contributed by atoms with Crippen LogP contribution in [0.15, 0.2) is 439 Å². The Morgan fingerprint density at radius 2 is 0.217 bits per heavy atom. The van der Waals surface area contributed by atoms with E-state index >= 15 is 0 Å². The van der Waals surface area contributed by atoms with Crippen molar-refractivity contribution in [2.24, 2.45) is 0 Å². The average Bonchev–Trinajstić information content (AvgIpc) is 0.855. The highest BCUT2D eigenvalue weighted by molar-refractivity contribution is 6.27. The molecule has 600 valence electrons. The van der Waals surface area contributed by atoms with Gasteiger partial charge in [-0.1, -0.05) is 243 Å². The van der Waals surface area contributed by atoms with Gasteiger partial charge in [-0.3, -0.25) is 0 Å². The van der Waals surface area contributed by atoms with Gasteiger partial charge >= 0.3 is 0 Å². The second-order valence-electron chi connectivity index (χ2n) is 27.1. The summed E-state index contributed by atoms with van der Waals surface area (Å²) < 4.78 is 57.2. The SMILES string of the molecule is [O-]B([O-])F.[O-]B([O-])F.[O-]B([O-])F.[O-]B([O-])F.c1ccc(C[n+]2ccc(-c3cc[n+](Cc4ccccc4)cc3)cc2)cc1.c1ccc(C[n+]2ccc(-c3cc[n+](Cc4ccccc4)cc3)cc2)cc1.c1ccc(C[n+]2ccc(-c3cc[n+](Cc4ccccc4)cc3)cc2)cc1.c1ccc(C[n+]2ccc(-c3cc[n+](Cc4ccccc4)cc3)cc2)cc1. The summed E-state index contributed by atoms with van der Waals surface area (Å²) in [5.74, 6) is 0. The van der Waals surface area contributed by atoms with Crippen molar-refractivity contribution in [3.05, 3.63) is 483 Å². The van der Waals surface area contributed by atoms with E-state index in [1.54, 1.807) is 0 Å². The highest BCUT2D eigenvalue weighted by Crippen LogP contribution is 2.20. The number of hydrogen-bond donors (Lipinski definition) is 0. The molecule has 0 radical (unpaired) electrons. The van der Waals surface area contributed by atoms with Gasteiger partial charge in [0.25, 0.3) is 0 Å². The Kier molecular flexibility index (Phi) is 38.4. The minimum atomic E-state index is -3.17. The maximum absolute atomic E-state index is 9.89. The fraction of sp³-hybridized carbons (Fsp3) is 0.0833. The van der Waals surface area contributed by atoms with E-state index in [2.05, 4.69) is 475 Å². The van der Waals surface area contributed by atoms with Crippen molar-refractivity contribution in [2.75, 3.05) is 0 Å². The van der Waals surface area contributed by atoms with Crippen molar-refractivity contribution >= 4 is 29.6 Å². The lowest BCUT2D eigenvalue weighted by atomic mass is 10.1. The number of halogens is 4. The summed E-state index contributed by atoms with van der Waals surface area (Å²) in [4.78, 5) is 0. The molecule has 16 aromatic rings. The van der Waals surface area contributed by atoms with Gasteiger partial charge in [-0.05, 0) is 44.5 Å². The Bertz CT molecular complexity index is 4400. The molecule has 120 heavy (non-hydrogen) atoms. The Balaban J connectivity index is 0.000000171. The van der Waals surface area contributed by atoms with Crippen molar-refractivity contribution in [3.8, 4) is 44.5 Å². The molecule has 0 fully saturated rings. The van der Waals surface area contributed by atoms with Gasteiger partial charge in [-0.2, -0.15) is 0 Å². The molecule has 8 aromatic carbocycles. The smallest absolute Gasteiger partial charge is 0.173 e. The van der Waals surface area contributed by atoms with Crippen LogP contribution in [0.3, 0.4) is 0 Å². The van der Waals surface area contributed by atoms with E-state index in [4.69, 9.17) is 40.2 Å². The molecular formula is C96H88B4F4N8O8. The fourth-order valence-electron chi connectivity index (χ4n) is 12.4. The van der Waals surface area contributed by atoms with Gasteiger partial charge in [0.2, 0.25) is 0 Å². The van der Waals surface area contributed by atoms with Crippen LogP contribution in [0.4, 0.5) is 17.3 Å². The topological polar surface area (TPSA) is 216 Å². The van der Waals surface area contributed by atoms with E-state index in [9.17, 15) is 17.3 Å². The van der Waals surface area contributed by atoms with Gasteiger partial charge in [0, 0.05) is 142 Å². The molecule has 0 saturated carbocycles. The summed E-state index contributed by atoms with van der Waals surface area (Å²) in [5.41, 5.74) is 20.4. The van der Waals surface area contributed by atoms with E-state index in [0.29, 0.717) is 0 Å². The molecular weight excluding hydrogens is 1510 g/mol. The molecule has 0 unspecified atom stereocenters. The second-order valence-corrected chi connectivity index (χ2v) is 27.1. The number of pyridine rings is 8. The zero-order valence-electron chi connectivity index (χ0n) is 65.9. The molecule has 8 aromatic heterocycles. The zero-order chi connectivity index (χ0) is 84.7. The van der Waals surface area contributed by atoms with Crippen LogP contribution < -0.4 is 76.7 Å². The van der Waals surface area contributed by atoms with Crippen molar-refractivity contribution in [2.45, 2.75) is 52.4 Å². The summed E-state index contributed by atoms with van der Waals surface area (Å²) in [5, 5.41) is 66.4. The molecule has 0 atom stereocenters. The molecule has 0 aliphatic carbocycles. The van der Waals surface area contributed by atoms with E-state index < -0.39 is 29.6 Å². The first-order valence-electron chi connectivity index (χ1n) is 38.5. The first-order valence-corrected chi connectivity index (χ1v) is 38.5. The third kappa shape index (κ3) is 35.2. The minimum absolute atomic E-state index is 0.896. The maximum Gasteiger partial charge on any atom is 0.173 e. The summed E-state index contributed by atoms with van der Waals surface area (Å²) in [6.07, 6.45) is 34.3. The number of nitrogens with zero attached hydrogens (tertiary/aromatic N) is 8. The van der Waals surface area contributed by atoms with E-state index in [-0.39, 0.29) is 0 Å². The fourth-order valence-corrected chi connectivity index (χ4v) is 12.4. The van der Waals surface area contributed by atoms with Gasteiger partial charge < -0.3 is 57.5 Å². The van der Waals surface area contributed by atoms with Crippen LogP contribution in [0.25, 0.3) is 44.5 Å². The summed E-state index contributed by atoms with van der Waals surface area (Å²) in [6.45, 7) is 7.17. The highest BCUT2D eigenvalue weighted by atomic mass is 19.1. The lowest BCUT2D eigenvalue weighted by Crippen LogP contribution is -2.39. The average molecular weight is 1600 g/mol. The van der Waals surface area contributed by atoms with Gasteiger partial charge in [0.05, 0.1) is 0 Å². The molecule has 8 heterocycles. The molecule has 24 heteroatoms. The predicted octanol–water partition coefficient (Wildman–Crippen LogP) is 6.75. The molecule has 0 N–H and O–H groups in total. The lowest BCUT2D eigenvalue weighted by molar-refractivity contribution is -0.688. The van der Waals surface area contributed by atoms with Crippen LogP contribution in [-0.4, -0.2) is 29.6 Å². The first kappa shape index (κ1) is 90.5. The Hall–Kier alpha value is -13.4. The summed E-state index contributed by atoms with van der Waals surface area (Å²) >= 11 is 0. The number of aromatic nitrogens is 8. The molecule has 0 aliphatic rings. The maximum atomic E-state index is 9.89. The summed E-state index contributed by atoms with van der Waals surface area (Å²) in [6, 6.07) is 119. The summed E-state index contributed by atoms with van der Waals surface area (Å²) in [7, 11) is -12.7. The molecule has 0 aliphatic heterocycles. The normalized spacial score (nSPS) is 10.1. The Morgan fingerprint density at radius 3 is 0.292 bits per heavy atom. The van der Waals surface area contributed by atoms with Gasteiger partial charge in [-0.25, -0.2) is 36.5 Å². The third-order valence-electron chi connectivity index (χ3n) is 18.1. The van der Waals surface area contributed by atoms with E-state index in [0.717, 1.165) is 52.4 Å². The van der Waals surface area contributed by atoms with Gasteiger partial charge in [-0.15, -0.1) is 0 Å². The Morgan fingerprint density at radius 1 is 0.142 bits per heavy atom. The zero-order valence-corrected chi connectivity index (χ0v) is 65.9. The third-order valence-corrected chi connectivity index (χ3v) is 18.1. The monoisotopic (exact) mass is 1600 g/mol. The number of hydrogen-bond acceptors (Lipinski definition) is 8. The largest absolute Gasteiger partial charge is 0.867 e. The van der Waals surface area contributed by atoms with Crippen molar-refractivity contribution in [1.29, 1.82) is 0 Å². The van der Waals surface area contributed by atoms with Gasteiger partial charge in [0.1, 0.15) is 29.6 Å². The van der Waals surface area contributed by atoms with Crippen LogP contribution in [0.1, 0.15) is 44.5 Å². The van der Waals surface area contributed by atoms with Crippen LogP contribution in [0.2, 0.25) is 0 Å². The van der Waals surface area contributed by atoms with E-state index in [1.165, 1.54) is 89.0 Å². The minimum Gasteiger partial charge on any atom is -0.867 e. The number of rotatable bonds is 20. The molecule has 16 nitrogen and oxygen atoms in total. The van der Waals surface area contributed by atoms with Crippen LogP contribution in [-0.2, 0) is 52.4 Å². The van der Waals surface area contributed by atoms with Crippen LogP contribution in [0.5, 0.6) is 0 Å². The highest BCUT2D eigenvalue weighted by Gasteiger charge is 2.13. The number of benzene rings is 8. The molecule has 16 rings (SSSR count). The van der Waals surface area contributed by atoms with Crippen molar-refractivity contribution in [1.82, 2.24) is 0 Å². The lowest BCUT2D eigenvalue weighted by Gasteiger charge is -2.09. The molecule has 0 amide bonds. The molecule has 0 spiro atoms.